The van der Waals surface area contributed by atoms with Gasteiger partial charge < -0.3 is 10.1 Å². The average molecular weight is 254 g/mol. The van der Waals surface area contributed by atoms with E-state index in [0.29, 0.717) is 6.42 Å². The van der Waals surface area contributed by atoms with Crippen molar-refractivity contribution >= 4 is 5.91 Å². The SMILES string of the molecule is COCCCCCC(=O)NC(C)c1ncnn1C. The van der Waals surface area contributed by atoms with Crippen molar-refractivity contribution in [3.63, 3.8) is 0 Å². The molecule has 0 radical (unpaired) electrons. The van der Waals surface area contributed by atoms with Gasteiger partial charge >= 0.3 is 0 Å². The molecule has 0 fully saturated rings. The molecule has 1 amide bonds. The van der Waals surface area contributed by atoms with Crippen molar-refractivity contribution in [1.29, 1.82) is 0 Å². The molecule has 1 rings (SSSR count). The van der Waals surface area contributed by atoms with Crippen LogP contribution in [0.4, 0.5) is 0 Å². The number of amides is 1. The Bertz CT molecular complexity index is 365. The minimum absolute atomic E-state index is 0.0583. The number of nitrogens with zero attached hydrogens (tertiary/aromatic N) is 3. The molecule has 6 heteroatoms. The molecule has 1 aromatic rings. The number of aryl methyl sites for hydroxylation is 1. The van der Waals surface area contributed by atoms with Crippen LogP contribution in [0.2, 0.25) is 0 Å². The lowest BCUT2D eigenvalue weighted by Crippen LogP contribution is -2.28. The van der Waals surface area contributed by atoms with Gasteiger partial charge in [0.05, 0.1) is 6.04 Å². The number of carbonyl (C=O) groups excluding carboxylic acids is 1. The minimum atomic E-state index is -0.107. The Balaban J connectivity index is 2.22. The lowest BCUT2D eigenvalue weighted by molar-refractivity contribution is -0.121. The van der Waals surface area contributed by atoms with E-state index in [2.05, 4.69) is 15.4 Å². The van der Waals surface area contributed by atoms with E-state index in [-0.39, 0.29) is 11.9 Å². The van der Waals surface area contributed by atoms with E-state index in [1.165, 1.54) is 6.33 Å². The first-order valence-corrected chi connectivity index (χ1v) is 6.27. The molecule has 0 bridgehead atoms. The highest BCUT2D eigenvalue weighted by molar-refractivity contribution is 5.76. The summed E-state index contributed by atoms with van der Waals surface area (Å²) in [5.41, 5.74) is 0. The normalized spacial score (nSPS) is 12.4. The molecule has 1 heterocycles. The molecule has 0 aromatic carbocycles. The van der Waals surface area contributed by atoms with Gasteiger partial charge in [0.2, 0.25) is 5.91 Å². The first-order chi connectivity index (χ1) is 8.65. The summed E-state index contributed by atoms with van der Waals surface area (Å²) in [7, 11) is 3.50. The van der Waals surface area contributed by atoms with Gasteiger partial charge in [-0.2, -0.15) is 5.10 Å². The van der Waals surface area contributed by atoms with Crippen molar-refractivity contribution in [3.05, 3.63) is 12.2 Å². The molecule has 0 saturated carbocycles. The Hall–Kier alpha value is -1.43. The molecular formula is C12H22N4O2. The van der Waals surface area contributed by atoms with E-state index in [1.54, 1.807) is 11.8 Å². The van der Waals surface area contributed by atoms with Gasteiger partial charge in [0.1, 0.15) is 12.2 Å². The Morgan fingerprint density at radius 1 is 1.50 bits per heavy atom. The van der Waals surface area contributed by atoms with Crippen LogP contribution in [0, 0.1) is 0 Å². The Labute approximate surface area is 108 Å². The van der Waals surface area contributed by atoms with Crippen LogP contribution in [0.3, 0.4) is 0 Å². The first kappa shape index (κ1) is 14.6. The lowest BCUT2D eigenvalue weighted by Gasteiger charge is -2.12. The van der Waals surface area contributed by atoms with E-state index < -0.39 is 0 Å². The number of hydrogen-bond acceptors (Lipinski definition) is 4. The maximum Gasteiger partial charge on any atom is 0.220 e. The van der Waals surface area contributed by atoms with Crippen LogP contribution in [-0.2, 0) is 16.6 Å². The molecule has 6 nitrogen and oxygen atoms in total. The summed E-state index contributed by atoms with van der Waals surface area (Å²) in [6.07, 6.45) is 4.94. The fraction of sp³-hybridized carbons (Fsp3) is 0.750. The van der Waals surface area contributed by atoms with Crippen molar-refractivity contribution < 1.29 is 9.53 Å². The highest BCUT2D eigenvalue weighted by Gasteiger charge is 2.13. The van der Waals surface area contributed by atoms with Gasteiger partial charge in [-0.1, -0.05) is 6.42 Å². The molecule has 102 valence electrons. The monoisotopic (exact) mass is 254 g/mol. The second kappa shape index (κ2) is 7.81. The number of aromatic nitrogens is 3. The molecule has 1 unspecified atom stereocenters. The van der Waals surface area contributed by atoms with Crippen LogP contribution < -0.4 is 5.32 Å². The van der Waals surface area contributed by atoms with Gasteiger partial charge in [-0.15, -0.1) is 0 Å². The molecule has 1 N–H and O–H groups in total. The Morgan fingerprint density at radius 2 is 2.28 bits per heavy atom. The van der Waals surface area contributed by atoms with E-state index in [9.17, 15) is 4.79 Å². The summed E-state index contributed by atoms with van der Waals surface area (Å²) >= 11 is 0. The molecule has 0 saturated heterocycles. The predicted octanol–water partition coefficient (Wildman–Crippen LogP) is 1.20. The predicted molar refractivity (Wildman–Crippen MR) is 67.9 cm³/mol. The second-order valence-corrected chi connectivity index (χ2v) is 4.33. The molecule has 1 atom stereocenters. The van der Waals surface area contributed by atoms with Crippen molar-refractivity contribution in [2.75, 3.05) is 13.7 Å². The van der Waals surface area contributed by atoms with Crippen LogP contribution in [0.25, 0.3) is 0 Å². The molecular weight excluding hydrogens is 232 g/mol. The van der Waals surface area contributed by atoms with Gasteiger partial charge in [0.25, 0.3) is 0 Å². The van der Waals surface area contributed by atoms with Crippen LogP contribution in [-0.4, -0.2) is 34.4 Å². The number of nitrogens with one attached hydrogen (secondary N) is 1. The third-order valence-electron chi connectivity index (χ3n) is 2.76. The third kappa shape index (κ3) is 4.83. The van der Waals surface area contributed by atoms with Gasteiger partial charge in [0, 0.05) is 27.2 Å². The maximum absolute atomic E-state index is 11.7. The zero-order chi connectivity index (χ0) is 13.4. The van der Waals surface area contributed by atoms with Gasteiger partial charge in [0.15, 0.2) is 0 Å². The smallest absolute Gasteiger partial charge is 0.220 e. The van der Waals surface area contributed by atoms with Gasteiger partial charge in [-0.05, 0) is 19.8 Å². The number of ether oxygens (including phenoxy) is 1. The van der Waals surface area contributed by atoms with Crippen molar-refractivity contribution in [3.8, 4) is 0 Å². The highest BCUT2D eigenvalue weighted by atomic mass is 16.5. The standard InChI is InChI=1S/C12H22N4O2/c1-10(12-13-9-14-16(12)2)15-11(17)7-5-4-6-8-18-3/h9-10H,4-8H2,1-3H3,(H,15,17). The Morgan fingerprint density at radius 3 is 2.89 bits per heavy atom. The summed E-state index contributed by atoms with van der Waals surface area (Å²) in [5.74, 6) is 0.825. The van der Waals surface area contributed by atoms with Gasteiger partial charge in [-0.3, -0.25) is 9.48 Å². The fourth-order valence-corrected chi connectivity index (χ4v) is 1.78. The molecule has 1 aromatic heterocycles. The number of unbranched alkanes of at least 4 members (excludes halogenated alkanes) is 2. The van der Waals surface area contributed by atoms with E-state index in [1.807, 2.05) is 14.0 Å². The second-order valence-electron chi connectivity index (χ2n) is 4.33. The van der Waals surface area contributed by atoms with E-state index in [4.69, 9.17) is 4.74 Å². The number of carbonyl (C=O) groups is 1. The highest BCUT2D eigenvalue weighted by Crippen LogP contribution is 2.08. The molecule has 0 aliphatic carbocycles. The van der Waals surface area contributed by atoms with Crippen LogP contribution in [0.15, 0.2) is 6.33 Å². The number of methoxy groups -OCH3 is 1. The third-order valence-corrected chi connectivity index (χ3v) is 2.76. The quantitative estimate of drug-likeness (QED) is 0.708. The van der Waals surface area contributed by atoms with Crippen LogP contribution in [0.1, 0.15) is 44.5 Å². The zero-order valence-corrected chi connectivity index (χ0v) is 11.3. The zero-order valence-electron chi connectivity index (χ0n) is 11.3. The maximum atomic E-state index is 11.7. The lowest BCUT2D eigenvalue weighted by atomic mass is 10.2. The summed E-state index contributed by atoms with van der Waals surface area (Å²) < 4.78 is 6.63. The minimum Gasteiger partial charge on any atom is -0.385 e. The molecule has 18 heavy (non-hydrogen) atoms. The molecule has 0 aliphatic heterocycles. The summed E-state index contributed by atoms with van der Waals surface area (Å²) in [4.78, 5) is 15.8. The topological polar surface area (TPSA) is 69.0 Å². The largest absolute Gasteiger partial charge is 0.385 e. The summed E-state index contributed by atoms with van der Waals surface area (Å²) in [5, 5.41) is 6.90. The van der Waals surface area contributed by atoms with E-state index in [0.717, 1.165) is 31.7 Å². The van der Waals surface area contributed by atoms with Crippen molar-refractivity contribution in [1.82, 2.24) is 20.1 Å². The van der Waals surface area contributed by atoms with Crippen LogP contribution in [0.5, 0.6) is 0 Å². The molecule has 0 aliphatic rings. The summed E-state index contributed by atoms with van der Waals surface area (Å²) in [6, 6.07) is -0.107. The van der Waals surface area contributed by atoms with Crippen molar-refractivity contribution in [2.24, 2.45) is 7.05 Å². The van der Waals surface area contributed by atoms with E-state index >= 15 is 0 Å². The number of hydrogen-bond donors (Lipinski definition) is 1. The fourth-order valence-electron chi connectivity index (χ4n) is 1.78. The number of rotatable bonds is 8. The molecule has 0 spiro atoms. The van der Waals surface area contributed by atoms with Crippen molar-refractivity contribution in [2.45, 2.75) is 38.6 Å². The Kier molecular flexibility index (Phi) is 6.35. The van der Waals surface area contributed by atoms with Crippen LogP contribution >= 0.6 is 0 Å². The summed E-state index contributed by atoms with van der Waals surface area (Å²) in [6.45, 7) is 2.67. The first-order valence-electron chi connectivity index (χ1n) is 6.27. The van der Waals surface area contributed by atoms with Gasteiger partial charge in [-0.25, -0.2) is 4.98 Å². The average Bonchev–Trinajstić information content (AvgIpc) is 2.75.